The lowest BCUT2D eigenvalue weighted by atomic mass is 10.3. The molecule has 0 heterocycles. The number of alkyl halides is 2. The zero-order valence-electron chi connectivity index (χ0n) is 8.92. The van der Waals surface area contributed by atoms with Crippen molar-refractivity contribution in [1.82, 2.24) is 4.90 Å². The highest BCUT2D eigenvalue weighted by molar-refractivity contribution is 5.76. The Kier molecular flexibility index (Phi) is 8.12. The van der Waals surface area contributed by atoms with Gasteiger partial charge in [-0.2, -0.15) is 0 Å². The maximum atomic E-state index is 11.7. The number of rotatable bonds is 8. The van der Waals surface area contributed by atoms with E-state index in [0.29, 0.717) is 19.6 Å². The van der Waals surface area contributed by atoms with Crippen LogP contribution in [0.5, 0.6) is 0 Å². The minimum atomic E-state index is -2.48. The minimum absolute atomic E-state index is 0.0320. The summed E-state index contributed by atoms with van der Waals surface area (Å²) < 4.78 is 27.9. The molecule has 0 saturated carbocycles. The Hall–Kier alpha value is -0.750. The number of hydrogen-bond acceptors (Lipinski definition) is 3. The lowest BCUT2D eigenvalue weighted by molar-refractivity contribution is -0.132. The molecule has 0 bridgehead atoms. The molecular weight excluding hydrogens is 206 g/mol. The van der Waals surface area contributed by atoms with Crippen LogP contribution in [-0.4, -0.2) is 50.1 Å². The molecule has 0 aliphatic heterocycles. The summed E-state index contributed by atoms with van der Waals surface area (Å²) in [7, 11) is 0. The molecule has 6 heteroatoms. The summed E-state index contributed by atoms with van der Waals surface area (Å²) in [6.07, 6.45) is -2.35. The van der Waals surface area contributed by atoms with Gasteiger partial charge in [0.05, 0.1) is 13.0 Å². The second-order valence-corrected chi connectivity index (χ2v) is 2.98. The van der Waals surface area contributed by atoms with Crippen molar-refractivity contribution < 1.29 is 18.3 Å². The average Bonchev–Trinajstić information content (AvgIpc) is 2.20. The molecule has 0 saturated heterocycles. The first kappa shape index (κ1) is 14.2. The van der Waals surface area contributed by atoms with Crippen LogP contribution >= 0.6 is 0 Å². The molecule has 2 N–H and O–H groups in total. The van der Waals surface area contributed by atoms with Gasteiger partial charge in [0.15, 0.2) is 0 Å². The van der Waals surface area contributed by atoms with E-state index in [1.807, 2.05) is 6.92 Å². The quantitative estimate of drug-likeness (QED) is 0.610. The van der Waals surface area contributed by atoms with E-state index in [1.165, 1.54) is 0 Å². The molecule has 0 aromatic heterocycles. The first-order valence-electron chi connectivity index (χ1n) is 4.95. The standard InChI is InChI=1S/C9H18F2N2O2/c1-2-13(5-4-12)9(14)3-6-15-7-8(10)11/h8H,2-7,12H2,1H3. The molecule has 0 aromatic carbocycles. The monoisotopic (exact) mass is 224 g/mol. The molecule has 0 radical (unpaired) electrons. The van der Waals surface area contributed by atoms with E-state index >= 15 is 0 Å². The van der Waals surface area contributed by atoms with Gasteiger partial charge < -0.3 is 15.4 Å². The van der Waals surface area contributed by atoms with Crippen molar-refractivity contribution in [3.63, 3.8) is 0 Å². The van der Waals surface area contributed by atoms with Crippen molar-refractivity contribution in [2.24, 2.45) is 5.73 Å². The minimum Gasteiger partial charge on any atom is -0.375 e. The fourth-order valence-electron chi connectivity index (χ4n) is 1.11. The molecule has 0 rings (SSSR count). The number of nitrogens with two attached hydrogens (primary N) is 1. The number of carbonyl (C=O) groups excluding carboxylic acids is 1. The number of hydrogen-bond donors (Lipinski definition) is 1. The average molecular weight is 224 g/mol. The summed E-state index contributed by atoms with van der Waals surface area (Å²) >= 11 is 0. The van der Waals surface area contributed by atoms with Crippen molar-refractivity contribution in [1.29, 1.82) is 0 Å². The van der Waals surface area contributed by atoms with Gasteiger partial charge in [0.2, 0.25) is 5.91 Å². The van der Waals surface area contributed by atoms with Crippen molar-refractivity contribution in [3.8, 4) is 0 Å². The van der Waals surface area contributed by atoms with Gasteiger partial charge in [0.25, 0.3) is 6.43 Å². The van der Waals surface area contributed by atoms with Gasteiger partial charge in [-0.3, -0.25) is 4.79 Å². The van der Waals surface area contributed by atoms with Gasteiger partial charge in [-0.1, -0.05) is 0 Å². The third-order valence-corrected chi connectivity index (χ3v) is 1.84. The highest BCUT2D eigenvalue weighted by Crippen LogP contribution is 1.97. The van der Waals surface area contributed by atoms with Crippen LogP contribution in [0.1, 0.15) is 13.3 Å². The summed E-state index contributed by atoms with van der Waals surface area (Å²) in [5.74, 6) is -0.114. The van der Waals surface area contributed by atoms with Crippen LogP contribution in [0.25, 0.3) is 0 Å². The molecule has 0 aliphatic rings. The van der Waals surface area contributed by atoms with Crippen LogP contribution in [0.3, 0.4) is 0 Å². The summed E-state index contributed by atoms with van der Waals surface area (Å²) in [6, 6.07) is 0. The summed E-state index contributed by atoms with van der Waals surface area (Å²) in [6.45, 7) is 2.72. The predicted octanol–water partition coefficient (Wildman–Crippen LogP) is 0.465. The Morgan fingerprint density at radius 2 is 2.20 bits per heavy atom. The second kappa shape index (κ2) is 8.55. The lowest BCUT2D eigenvalue weighted by Crippen LogP contribution is -2.35. The predicted molar refractivity (Wildman–Crippen MR) is 52.7 cm³/mol. The fourth-order valence-corrected chi connectivity index (χ4v) is 1.11. The van der Waals surface area contributed by atoms with E-state index in [1.54, 1.807) is 4.90 Å². The first-order valence-corrected chi connectivity index (χ1v) is 4.95. The molecule has 15 heavy (non-hydrogen) atoms. The van der Waals surface area contributed by atoms with Gasteiger partial charge in [0, 0.05) is 19.6 Å². The second-order valence-electron chi connectivity index (χ2n) is 2.98. The maximum Gasteiger partial charge on any atom is 0.261 e. The molecule has 0 aliphatic carbocycles. The zero-order valence-corrected chi connectivity index (χ0v) is 8.92. The normalized spacial score (nSPS) is 10.7. The van der Waals surface area contributed by atoms with E-state index in [9.17, 15) is 13.6 Å². The summed E-state index contributed by atoms with van der Waals surface area (Å²) in [5, 5.41) is 0. The molecule has 90 valence electrons. The van der Waals surface area contributed by atoms with Crippen molar-refractivity contribution in [2.75, 3.05) is 32.8 Å². The van der Waals surface area contributed by atoms with Crippen LogP contribution in [-0.2, 0) is 9.53 Å². The lowest BCUT2D eigenvalue weighted by Gasteiger charge is -2.19. The van der Waals surface area contributed by atoms with Crippen LogP contribution in [0.4, 0.5) is 8.78 Å². The molecule has 0 atom stereocenters. The smallest absolute Gasteiger partial charge is 0.261 e. The molecule has 4 nitrogen and oxygen atoms in total. The molecule has 0 fully saturated rings. The Morgan fingerprint density at radius 3 is 2.67 bits per heavy atom. The van der Waals surface area contributed by atoms with E-state index in [4.69, 9.17) is 5.73 Å². The number of ether oxygens (including phenoxy) is 1. The number of halogens is 2. The highest BCUT2D eigenvalue weighted by Gasteiger charge is 2.10. The zero-order chi connectivity index (χ0) is 11.7. The number of nitrogens with zero attached hydrogens (tertiary/aromatic N) is 1. The highest BCUT2D eigenvalue weighted by atomic mass is 19.3. The van der Waals surface area contributed by atoms with E-state index in [-0.39, 0.29) is 18.9 Å². The van der Waals surface area contributed by atoms with Crippen LogP contribution in [0.2, 0.25) is 0 Å². The number of amides is 1. The van der Waals surface area contributed by atoms with E-state index in [2.05, 4.69) is 4.74 Å². The molecule has 0 unspecified atom stereocenters. The Bertz CT molecular complexity index is 179. The summed E-state index contributed by atoms with van der Waals surface area (Å²) in [5.41, 5.74) is 5.31. The van der Waals surface area contributed by atoms with Crippen molar-refractivity contribution in [2.45, 2.75) is 19.8 Å². The van der Waals surface area contributed by atoms with Crippen LogP contribution in [0, 0.1) is 0 Å². The first-order chi connectivity index (χ1) is 7.11. The topological polar surface area (TPSA) is 55.6 Å². The molecule has 0 spiro atoms. The van der Waals surface area contributed by atoms with Crippen LogP contribution < -0.4 is 5.73 Å². The van der Waals surface area contributed by atoms with Gasteiger partial charge in [-0.15, -0.1) is 0 Å². The Labute approximate surface area is 88.4 Å². The SMILES string of the molecule is CCN(CCN)C(=O)CCOCC(F)F. The Morgan fingerprint density at radius 1 is 1.53 bits per heavy atom. The van der Waals surface area contributed by atoms with Crippen LogP contribution in [0.15, 0.2) is 0 Å². The number of likely N-dealkylation sites (N-methyl/N-ethyl adjacent to an activating group) is 1. The van der Waals surface area contributed by atoms with E-state index < -0.39 is 13.0 Å². The largest absolute Gasteiger partial charge is 0.375 e. The third kappa shape index (κ3) is 7.21. The third-order valence-electron chi connectivity index (χ3n) is 1.84. The summed E-state index contributed by atoms with van der Waals surface area (Å²) in [4.78, 5) is 13.0. The van der Waals surface area contributed by atoms with Crippen molar-refractivity contribution in [3.05, 3.63) is 0 Å². The van der Waals surface area contributed by atoms with Gasteiger partial charge in [0.1, 0.15) is 6.61 Å². The van der Waals surface area contributed by atoms with Crippen molar-refractivity contribution >= 4 is 5.91 Å². The molecular formula is C9H18F2N2O2. The number of carbonyl (C=O) groups is 1. The molecule has 0 aromatic rings. The maximum absolute atomic E-state index is 11.7. The van der Waals surface area contributed by atoms with Gasteiger partial charge >= 0.3 is 0 Å². The fraction of sp³-hybridized carbons (Fsp3) is 0.889. The Balaban J connectivity index is 3.62. The van der Waals surface area contributed by atoms with Gasteiger partial charge in [-0.25, -0.2) is 8.78 Å². The molecule has 1 amide bonds. The van der Waals surface area contributed by atoms with Gasteiger partial charge in [-0.05, 0) is 6.92 Å². The van der Waals surface area contributed by atoms with E-state index in [0.717, 1.165) is 0 Å².